The number of amides is 2. The van der Waals surface area contributed by atoms with Crippen molar-refractivity contribution in [2.75, 3.05) is 5.32 Å². The first-order chi connectivity index (χ1) is 12.9. The normalized spacial score (nSPS) is 10.5. The summed E-state index contributed by atoms with van der Waals surface area (Å²) in [4.78, 5) is 27.7. The van der Waals surface area contributed by atoms with Gasteiger partial charge in [0.05, 0.1) is 17.6 Å². The first kappa shape index (κ1) is 18.3. The summed E-state index contributed by atoms with van der Waals surface area (Å²) in [5.41, 5.74) is 3.99. The molecule has 2 amide bonds. The lowest BCUT2D eigenvalue weighted by molar-refractivity contribution is -0.119. The number of carbonyl (C=O) groups is 2. The van der Waals surface area contributed by atoms with Crippen LogP contribution in [0.15, 0.2) is 48.7 Å². The Bertz CT molecular complexity index is 959. The van der Waals surface area contributed by atoms with E-state index in [0.717, 1.165) is 17.0 Å². The fourth-order valence-corrected chi connectivity index (χ4v) is 2.65. The molecule has 0 saturated carbocycles. The van der Waals surface area contributed by atoms with Crippen LogP contribution >= 0.6 is 0 Å². The second-order valence-electron chi connectivity index (χ2n) is 6.30. The fourth-order valence-electron chi connectivity index (χ4n) is 2.65. The molecule has 0 atom stereocenters. The highest BCUT2D eigenvalue weighted by Crippen LogP contribution is 2.14. The number of pyridine rings is 1. The first-order valence-electron chi connectivity index (χ1n) is 8.57. The Morgan fingerprint density at radius 2 is 1.81 bits per heavy atom. The van der Waals surface area contributed by atoms with Crippen LogP contribution in [0, 0.1) is 13.8 Å². The summed E-state index contributed by atoms with van der Waals surface area (Å²) in [7, 11) is 0. The summed E-state index contributed by atoms with van der Waals surface area (Å²) in [5, 5.41) is 9.94. The first-order valence-corrected chi connectivity index (χ1v) is 8.57. The average Bonchev–Trinajstić information content (AvgIpc) is 2.99. The summed E-state index contributed by atoms with van der Waals surface area (Å²) < 4.78 is 1.76. The molecule has 7 nitrogen and oxygen atoms in total. The van der Waals surface area contributed by atoms with Gasteiger partial charge in [-0.1, -0.05) is 12.1 Å². The maximum absolute atomic E-state index is 12.4. The molecule has 27 heavy (non-hydrogen) atoms. The zero-order valence-electron chi connectivity index (χ0n) is 15.5. The van der Waals surface area contributed by atoms with E-state index in [4.69, 9.17) is 0 Å². The quantitative estimate of drug-likeness (QED) is 0.729. The van der Waals surface area contributed by atoms with Gasteiger partial charge in [-0.15, -0.1) is 0 Å². The van der Waals surface area contributed by atoms with Gasteiger partial charge in [-0.2, -0.15) is 5.10 Å². The Labute approximate surface area is 157 Å². The van der Waals surface area contributed by atoms with E-state index in [0.29, 0.717) is 23.6 Å². The lowest BCUT2D eigenvalue weighted by atomic mass is 10.1. The predicted octanol–water partition coefficient (Wildman–Crippen LogP) is 2.77. The maximum atomic E-state index is 12.4. The van der Waals surface area contributed by atoms with E-state index < -0.39 is 0 Å². The van der Waals surface area contributed by atoms with Crippen molar-refractivity contribution in [1.29, 1.82) is 0 Å². The Hall–Kier alpha value is -3.48. The number of nitrogens with one attached hydrogen (secondary N) is 2. The number of anilines is 1. The van der Waals surface area contributed by atoms with E-state index in [2.05, 4.69) is 20.7 Å². The van der Waals surface area contributed by atoms with Crippen LogP contribution < -0.4 is 10.6 Å². The minimum absolute atomic E-state index is 0.0896. The number of aromatic nitrogens is 3. The van der Waals surface area contributed by atoms with Crippen LogP contribution in [-0.2, 0) is 11.3 Å². The molecule has 0 fully saturated rings. The van der Waals surface area contributed by atoms with Gasteiger partial charge < -0.3 is 10.6 Å². The number of hydrogen-bond donors (Lipinski definition) is 2. The molecule has 0 radical (unpaired) electrons. The summed E-state index contributed by atoms with van der Waals surface area (Å²) in [6, 6.07) is 12.7. The smallest absolute Gasteiger partial charge is 0.255 e. The minimum atomic E-state index is -0.221. The zero-order chi connectivity index (χ0) is 19.4. The van der Waals surface area contributed by atoms with Crippen molar-refractivity contribution >= 4 is 17.5 Å². The third kappa shape index (κ3) is 4.58. The van der Waals surface area contributed by atoms with Crippen LogP contribution in [0.1, 0.15) is 34.2 Å². The molecule has 3 aromatic rings. The molecule has 7 heteroatoms. The van der Waals surface area contributed by atoms with Crippen LogP contribution in [0.25, 0.3) is 5.82 Å². The van der Waals surface area contributed by atoms with E-state index in [9.17, 15) is 9.59 Å². The van der Waals surface area contributed by atoms with E-state index >= 15 is 0 Å². The molecule has 0 aliphatic rings. The molecular formula is C20H21N5O2. The fraction of sp³-hybridized carbons (Fsp3) is 0.200. The molecule has 2 aromatic heterocycles. The number of nitrogens with zero attached hydrogens (tertiary/aromatic N) is 3. The summed E-state index contributed by atoms with van der Waals surface area (Å²) in [5.74, 6) is 0.385. The van der Waals surface area contributed by atoms with Gasteiger partial charge in [0, 0.05) is 24.7 Å². The van der Waals surface area contributed by atoms with Gasteiger partial charge in [0.2, 0.25) is 5.91 Å². The lowest BCUT2D eigenvalue weighted by Crippen LogP contribution is -2.19. The van der Waals surface area contributed by atoms with Gasteiger partial charge >= 0.3 is 0 Å². The van der Waals surface area contributed by atoms with Crippen molar-refractivity contribution in [2.24, 2.45) is 0 Å². The van der Waals surface area contributed by atoms with Gasteiger partial charge in [-0.05, 0) is 49.7 Å². The standard InChI is InChI=1S/C20H21N5O2/c1-13-10-14(2)25(24-13)19-9-8-18(12-22-19)23-20(27)17-6-4-16(5-7-17)11-21-15(3)26/h4-10,12H,11H2,1-3H3,(H,21,26)(H,23,27). The van der Waals surface area contributed by atoms with Gasteiger partial charge in [0.1, 0.15) is 0 Å². The number of hydrogen-bond acceptors (Lipinski definition) is 4. The molecular weight excluding hydrogens is 342 g/mol. The Kier molecular flexibility index (Phi) is 5.30. The number of rotatable bonds is 5. The summed E-state index contributed by atoms with van der Waals surface area (Å²) in [6.07, 6.45) is 1.61. The summed E-state index contributed by atoms with van der Waals surface area (Å²) >= 11 is 0. The Morgan fingerprint density at radius 3 is 2.37 bits per heavy atom. The molecule has 2 heterocycles. The largest absolute Gasteiger partial charge is 0.352 e. The maximum Gasteiger partial charge on any atom is 0.255 e. The molecule has 2 N–H and O–H groups in total. The highest BCUT2D eigenvalue weighted by atomic mass is 16.2. The predicted molar refractivity (Wildman–Crippen MR) is 103 cm³/mol. The lowest BCUT2D eigenvalue weighted by Gasteiger charge is -2.08. The Balaban J connectivity index is 1.65. The molecule has 138 valence electrons. The second-order valence-corrected chi connectivity index (χ2v) is 6.30. The van der Waals surface area contributed by atoms with Crippen molar-refractivity contribution in [3.63, 3.8) is 0 Å². The molecule has 1 aromatic carbocycles. The van der Waals surface area contributed by atoms with Crippen LogP contribution in [-0.4, -0.2) is 26.6 Å². The molecule has 0 saturated heterocycles. The van der Waals surface area contributed by atoms with Crippen molar-refractivity contribution in [3.8, 4) is 5.82 Å². The zero-order valence-corrected chi connectivity index (χ0v) is 15.5. The highest BCUT2D eigenvalue weighted by Gasteiger charge is 2.08. The third-order valence-electron chi connectivity index (χ3n) is 3.99. The van der Waals surface area contributed by atoms with Crippen LogP contribution in [0.2, 0.25) is 0 Å². The van der Waals surface area contributed by atoms with Crippen molar-refractivity contribution in [1.82, 2.24) is 20.1 Å². The van der Waals surface area contributed by atoms with Crippen molar-refractivity contribution in [2.45, 2.75) is 27.3 Å². The molecule has 0 spiro atoms. The average molecular weight is 363 g/mol. The van der Waals surface area contributed by atoms with E-state index in [1.807, 2.05) is 38.1 Å². The van der Waals surface area contributed by atoms with Crippen molar-refractivity contribution in [3.05, 3.63) is 71.2 Å². The molecule has 3 rings (SSSR count). The molecule has 0 aliphatic carbocycles. The highest BCUT2D eigenvalue weighted by molar-refractivity contribution is 6.04. The Morgan fingerprint density at radius 1 is 1.07 bits per heavy atom. The number of aryl methyl sites for hydroxylation is 2. The number of benzene rings is 1. The topological polar surface area (TPSA) is 88.9 Å². The number of carbonyl (C=O) groups excluding carboxylic acids is 2. The van der Waals surface area contributed by atoms with Gasteiger partial charge in [0.25, 0.3) is 5.91 Å². The molecule has 0 aliphatic heterocycles. The van der Waals surface area contributed by atoms with Crippen LogP contribution in [0.3, 0.4) is 0 Å². The SMILES string of the molecule is CC(=O)NCc1ccc(C(=O)Nc2ccc(-n3nc(C)cc3C)nc2)cc1. The van der Waals surface area contributed by atoms with E-state index in [-0.39, 0.29) is 11.8 Å². The van der Waals surface area contributed by atoms with E-state index in [1.54, 1.807) is 29.1 Å². The monoisotopic (exact) mass is 363 g/mol. The van der Waals surface area contributed by atoms with Gasteiger partial charge in [0.15, 0.2) is 5.82 Å². The van der Waals surface area contributed by atoms with Crippen LogP contribution in [0.5, 0.6) is 0 Å². The third-order valence-corrected chi connectivity index (χ3v) is 3.99. The molecule has 0 unspecified atom stereocenters. The second kappa shape index (κ2) is 7.82. The van der Waals surface area contributed by atoms with Gasteiger partial charge in [-0.3, -0.25) is 9.59 Å². The minimum Gasteiger partial charge on any atom is -0.352 e. The van der Waals surface area contributed by atoms with Gasteiger partial charge in [-0.25, -0.2) is 9.67 Å². The van der Waals surface area contributed by atoms with Crippen LogP contribution in [0.4, 0.5) is 5.69 Å². The van der Waals surface area contributed by atoms with Crippen molar-refractivity contribution < 1.29 is 9.59 Å². The summed E-state index contributed by atoms with van der Waals surface area (Å²) in [6.45, 7) is 5.80. The molecule has 0 bridgehead atoms. The van der Waals surface area contributed by atoms with E-state index in [1.165, 1.54) is 6.92 Å².